The third kappa shape index (κ3) is 18.1. The predicted molar refractivity (Wildman–Crippen MR) is 214 cm³/mol. The van der Waals surface area contributed by atoms with Crippen LogP contribution in [0.3, 0.4) is 0 Å². The lowest BCUT2D eigenvalue weighted by Gasteiger charge is -2.25. The second-order valence-corrected chi connectivity index (χ2v) is 13.6. The number of halogens is 1. The van der Waals surface area contributed by atoms with E-state index in [1.54, 1.807) is 6.20 Å². The molecule has 0 aliphatic carbocycles. The van der Waals surface area contributed by atoms with Crippen molar-refractivity contribution < 1.29 is 23.4 Å². The average Bonchev–Trinajstić information content (AvgIpc) is 3.65. The summed E-state index contributed by atoms with van der Waals surface area (Å²) in [6, 6.07) is 7.48. The van der Waals surface area contributed by atoms with Crippen molar-refractivity contribution in [3.05, 3.63) is 77.9 Å². The molecule has 0 spiro atoms. The fraction of sp³-hybridized carbons (Fsp3) is 0.553. The van der Waals surface area contributed by atoms with Crippen LogP contribution < -0.4 is 38.1 Å². The summed E-state index contributed by atoms with van der Waals surface area (Å²) in [5.74, 6) is -1.26. The van der Waals surface area contributed by atoms with E-state index in [1.807, 2.05) is 56.3 Å². The van der Waals surface area contributed by atoms with Gasteiger partial charge in [0.05, 0.1) is 31.5 Å². The van der Waals surface area contributed by atoms with Gasteiger partial charge in [0.1, 0.15) is 23.8 Å². The van der Waals surface area contributed by atoms with Crippen molar-refractivity contribution in [2.24, 2.45) is 11.5 Å². The lowest BCUT2D eigenvalue weighted by atomic mass is 10.0. The number of hydrogen-bond donors (Lipinski definition) is 8. The van der Waals surface area contributed by atoms with Gasteiger partial charge in [-0.25, -0.2) is 4.79 Å². The highest BCUT2D eigenvalue weighted by molar-refractivity contribution is 7.94. The van der Waals surface area contributed by atoms with E-state index in [0.29, 0.717) is 80.9 Å². The molecule has 1 aromatic heterocycles. The normalized spacial score (nSPS) is 13.4. The number of amides is 2. The number of carboxylic acid groups (broad SMARTS) is 1. The number of carbonyl (C=O) groups is 3. The van der Waals surface area contributed by atoms with Crippen LogP contribution in [0.25, 0.3) is 5.70 Å². The van der Waals surface area contributed by atoms with Gasteiger partial charge in [0, 0.05) is 35.7 Å². The molecular weight excluding hydrogens is 712 g/mol. The topological polar surface area (TPSA) is 214 Å². The van der Waals surface area contributed by atoms with Gasteiger partial charge in [-0.2, -0.15) is 3.89 Å². The van der Waals surface area contributed by atoms with E-state index in [-0.39, 0.29) is 42.8 Å². The Hall–Kier alpha value is -4.41. The number of allylic oxidation sites excluding steroid dienone is 2. The smallest absolute Gasteiger partial charge is 0.326 e. The van der Waals surface area contributed by atoms with Crippen LogP contribution in [0.4, 0.5) is 3.89 Å². The summed E-state index contributed by atoms with van der Waals surface area (Å²) in [6.07, 6.45) is 11.9. The molecule has 0 fully saturated rings. The maximum absolute atomic E-state index is 13.9. The van der Waals surface area contributed by atoms with Crippen molar-refractivity contribution in [2.75, 3.05) is 31.9 Å². The number of hydrogen-bond acceptors (Lipinski definition) is 11. The molecule has 0 aliphatic rings. The number of unbranched alkanes of at least 4 members (excludes halogenated alkanes) is 3. The number of carboxylic acids is 1. The van der Waals surface area contributed by atoms with E-state index < -0.39 is 24.1 Å². The Morgan fingerprint density at radius 1 is 0.907 bits per heavy atom. The maximum atomic E-state index is 13.9. The number of carbonyl (C=O) groups excluding carboxylic acids is 2. The van der Waals surface area contributed by atoms with Gasteiger partial charge in [0.2, 0.25) is 11.8 Å². The largest absolute Gasteiger partial charge is 0.480 e. The molecular formula is C38H61FN10O4S. The van der Waals surface area contributed by atoms with Crippen LogP contribution >= 0.6 is 12.1 Å². The lowest BCUT2D eigenvalue weighted by Crippen LogP contribution is -2.49. The van der Waals surface area contributed by atoms with Crippen molar-refractivity contribution in [3.8, 4) is 0 Å². The van der Waals surface area contributed by atoms with Crippen molar-refractivity contribution in [3.63, 3.8) is 0 Å². The Morgan fingerprint density at radius 2 is 1.52 bits per heavy atom. The molecule has 16 heteroatoms. The average molecular weight is 773 g/mol. The van der Waals surface area contributed by atoms with E-state index in [9.17, 15) is 23.4 Å². The number of nitrogens with two attached hydrogens (primary N) is 2. The molecule has 0 aliphatic heterocycles. The van der Waals surface area contributed by atoms with Crippen LogP contribution in [-0.4, -0.2) is 87.9 Å². The zero-order valence-corrected chi connectivity index (χ0v) is 32.6. The van der Waals surface area contributed by atoms with Gasteiger partial charge in [-0.05, 0) is 70.0 Å². The highest BCUT2D eigenvalue weighted by atomic mass is 32.2. The number of rotatable bonds is 30. The van der Waals surface area contributed by atoms with Gasteiger partial charge in [0.25, 0.3) is 0 Å². The highest BCUT2D eigenvalue weighted by Crippen LogP contribution is 2.12. The van der Waals surface area contributed by atoms with Gasteiger partial charge in [-0.3, -0.25) is 14.3 Å². The number of nitrogens with zero attached hydrogens (tertiary/aromatic N) is 3. The van der Waals surface area contributed by atoms with E-state index in [4.69, 9.17) is 11.5 Å². The summed E-state index contributed by atoms with van der Waals surface area (Å²) < 4.78 is 14.1. The maximum Gasteiger partial charge on any atom is 0.326 e. The number of aromatic nitrogens is 3. The molecule has 1 aromatic carbocycles. The fourth-order valence-electron chi connectivity index (χ4n) is 5.52. The minimum absolute atomic E-state index is 0.124. The van der Waals surface area contributed by atoms with Gasteiger partial charge >= 0.3 is 5.97 Å². The molecule has 0 saturated heterocycles. The van der Waals surface area contributed by atoms with Gasteiger partial charge in [0.15, 0.2) is 0 Å². The summed E-state index contributed by atoms with van der Waals surface area (Å²) in [5, 5.41) is 33.7. The summed E-state index contributed by atoms with van der Waals surface area (Å²) >= 11 is 0.220. The lowest BCUT2D eigenvalue weighted by molar-refractivity contribution is -0.139. The van der Waals surface area contributed by atoms with Crippen molar-refractivity contribution in [1.82, 2.24) is 41.6 Å². The minimum atomic E-state index is -0.959. The van der Waals surface area contributed by atoms with E-state index in [1.165, 1.54) is 4.68 Å². The Kier molecular flexibility index (Phi) is 23.1. The molecule has 2 aromatic rings. The standard InChI is InChI=1S/C38H61FN10O4S/c1-4-6-17-31(45-33(38(52)53)19-11-13-21-41)26-43-37(51)34(24-29-15-8-7-9-16-29)46-30(14-5-2)25-42-36(50)32(18-10-12-20-40)44-28(3)35-27-49(48-47-35)22-23-54-39/h7-9,14-17,27,32-34,44-46H,3-6,10-13,18-26,40-41H2,1-2H3,(H,42,50)(H,43,51)(H,52,53)/b30-14+,31-17+/t32-,33-,34-/m0/s1. The molecule has 0 saturated carbocycles. The molecule has 300 valence electrons. The molecule has 3 atom stereocenters. The summed E-state index contributed by atoms with van der Waals surface area (Å²) in [6.45, 7) is 9.65. The van der Waals surface area contributed by atoms with Gasteiger partial charge < -0.3 is 43.2 Å². The quantitative estimate of drug-likeness (QED) is 0.0536. The Balaban J connectivity index is 2.20. The van der Waals surface area contributed by atoms with Gasteiger partial charge in [-0.1, -0.05) is 74.5 Å². The van der Waals surface area contributed by atoms with E-state index in [0.717, 1.165) is 31.2 Å². The van der Waals surface area contributed by atoms with Gasteiger partial charge in [-0.15, -0.1) is 5.10 Å². The van der Waals surface area contributed by atoms with E-state index >= 15 is 0 Å². The monoisotopic (exact) mass is 772 g/mol. The SMILES string of the molecule is C=C(N[C@@H](CCCCN)C(=O)NC/C(=C\CC)N[C@@H](Cc1ccccc1)C(=O)NC/C(=C\CCC)N[C@@H](CCCCN)C(=O)O)c1cn(CCSF)nn1. The first-order chi connectivity index (χ1) is 26.1. The molecule has 14 nitrogen and oxygen atoms in total. The van der Waals surface area contributed by atoms with Crippen molar-refractivity contribution in [2.45, 2.75) is 103 Å². The van der Waals surface area contributed by atoms with Crippen LogP contribution in [0.1, 0.15) is 82.9 Å². The number of benzene rings is 1. The Bertz CT molecular complexity index is 1470. The van der Waals surface area contributed by atoms with Crippen LogP contribution in [0.15, 0.2) is 66.7 Å². The first-order valence-corrected chi connectivity index (χ1v) is 19.8. The third-order valence-corrected chi connectivity index (χ3v) is 8.79. The van der Waals surface area contributed by atoms with Crippen molar-refractivity contribution >= 4 is 35.6 Å². The Labute approximate surface area is 323 Å². The number of aryl methyl sites for hydroxylation is 1. The summed E-state index contributed by atoms with van der Waals surface area (Å²) in [5.41, 5.74) is 14.5. The zero-order chi connectivity index (χ0) is 39.6. The number of aliphatic carboxylic acids is 1. The van der Waals surface area contributed by atoms with Crippen LogP contribution in [-0.2, 0) is 27.3 Å². The molecule has 2 rings (SSSR count). The molecule has 0 unspecified atom stereocenters. The Morgan fingerprint density at radius 3 is 2.11 bits per heavy atom. The third-order valence-electron chi connectivity index (χ3n) is 8.46. The molecule has 10 N–H and O–H groups in total. The zero-order valence-electron chi connectivity index (χ0n) is 31.8. The van der Waals surface area contributed by atoms with E-state index in [2.05, 4.69) is 43.5 Å². The van der Waals surface area contributed by atoms with Crippen LogP contribution in [0.2, 0.25) is 0 Å². The highest BCUT2D eigenvalue weighted by Gasteiger charge is 2.24. The predicted octanol–water partition coefficient (Wildman–Crippen LogP) is 3.54. The minimum Gasteiger partial charge on any atom is -0.480 e. The van der Waals surface area contributed by atoms with Crippen molar-refractivity contribution in [1.29, 1.82) is 0 Å². The second-order valence-electron chi connectivity index (χ2n) is 12.9. The molecule has 54 heavy (non-hydrogen) atoms. The van der Waals surface area contributed by atoms with Crippen LogP contribution in [0.5, 0.6) is 0 Å². The molecule has 2 amide bonds. The number of nitrogens with one attached hydrogen (secondary N) is 5. The molecule has 1 heterocycles. The summed E-state index contributed by atoms with van der Waals surface area (Å²) in [4.78, 5) is 39.5. The fourth-order valence-corrected chi connectivity index (χ4v) is 5.77. The first-order valence-electron chi connectivity index (χ1n) is 18.9. The second kappa shape index (κ2) is 27.2. The molecule has 0 radical (unpaired) electrons. The van der Waals surface area contributed by atoms with Crippen LogP contribution in [0, 0.1) is 0 Å². The molecule has 0 bridgehead atoms. The first kappa shape index (κ1) is 45.7. The summed E-state index contributed by atoms with van der Waals surface area (Å²) in [7, 11) is 0.